The maximum absolute atomic E-state index is 11.3. The zero-order chi connectivity index (χ0) is 19.7. The summed E-state index contributed by atoms with van der Waals surface area (Å²) >= 11 is 1.16. The molecular formula is C17H33N5O2S2. The summed E-state index contributed by atoms with van der Waals surface area (Å²) in [6.07, 6.45) is 1.02. The average Bonchev–Trinajstić information content (AvgIpc) is 3.00. The van der Waals surface area contributed by atoms with E-state index < -0.39 is 10.0 Å². The van der Waals surface area contributed by atoms with Crippen LogP contribution in [0.5, 0.6) is 0 Å². The zero-order valence-corrected chi connectivity index (χ0v) is 18.1. The Kier molecular flexibility index (Phi) is 9.56. The summed E-state index contributed by atoms with van der Waals surface area (Å²) in [5.74, 6) is 0.735. The Morgan fingerprint density at radius 1 is 1.23 bits per heavy atom. The number of aliphatic imine (C=N–C) groups is 1. The second-order valence-electron chi connectivity index (χ2n) is 6.67. The van der Waals surface area contributed by atoms with Crippen LogP contribution >= 0.6 is 11.3 Å². The van der Waals surface area contributed by atoms with E-state index in [9.17, 15) is 8.42 Å². The molecule has 150 valence electrons. The number of nitrogens with two attached hydrogens (primary N) is 1. The highest BCUT2D eigenvalue weighted by Crippen LogP contribution is 2.20. The summed E-state index contributed by atoms with van der Waals surface area (Å²) in [6.45, 7) is 13.9. The molecule has 7 nitrogen and oxygen atoms in total. The van der Waals surface area contributed by atoms with E-state index in [1.54, 1.807) is 6.07 Å². The van der Waals surface area contributed by atoms with E-state index in [-0.39, 0.29) is 4.21 Å². The van der Waals surface area contributed by atoms with E-state index in [1.807, 2.05) is 6.92 Å². The number of rotatable bonds is 10. The Hall–Kier alpha value is -1.16. The molecule has 0 aliphatic carbocycles. The first kappa shape index (κ1) is 22.9. The molecule has 1 rings (SSSR count). The highest BCUT2D eigenvalue weighted by Gasteiger charge is 2.13. The first-order valence-electron chi connectivity index (χ1n) is 9.04. The maximum Gasteiger partial charge on any atom is 0.247 e. The number of hydrogen-bond acceptors (Lipinski definition) is 5. The van der Waals surface area contributed by atoms with Gasteiger partial charge in [-0.1, -0.05) is 0 Å². The number of guanidine groups is 1. The molecule has 0 amide bonds. The minimum absolute atomic E-state index is 0.170. The van der Waals surface area contributed by atoms with Crippen molar-refractivity contribution in [1.29, 1.82) is 0 Å². The largest absolute Gasteiger partial charge is 0.357 e. The van der Waals surface area contributed by atoms with Crippen LogP contribution in [0.3, 0.4) is 0 Å². The van der Waals surface area contributed by atoms with Gasteiger partial charge in [0.05, 0.1) is 6.54 Å². The highest BCUT2D eigenvalue weighted by molar-refractivity contribution is 7.91. The van der Waals surface area contributed by atoms with Gasteiger partial charge >= 0.3 is 0 Å². The Bertz CT molecular complexity index is 660. The van der Waals surface area contributed by atoms with Crippen molar-refractivity contribution in [3.63, 3.8) is 0 Å². The molecule has 0 unspecified atom stereocenters. The molecule has 1 aromatic heterocycles. The molecule has 0 aromatic carbocycles. The normalized spacial score (nSPS) is 13.0. The summed E-state index contributed by atoms with van der Waals surface area (Å²) in [7, 11) is -3.64. The van der Waals surface area contributed by atoms with Crippen LogP contribution < -0.4 is 15.8 Å². The lowest BCUT2D eigenvalue weighted by Crippen LogP contribution is -2.41. The molecular weight excluding hydrogens is 370 g/mol. The lowest BCUT2D eigenvalue weighted by atomic mass is 10.2. The third kappa shape index (κ3) is 8.03. The van der Waals surface area contributed by atoms with Gasteiger partial charge in [-0.2, -0.15) is 0 Å². The van der Waals surface area contributed by atoms with Gasteiger partial charge < -0.3 is 10.6 Å². The van der Waals surface area contributed by atoms with E-state index in [1.165, 1.54) is 6.07 Å². The van der Waals surface area contributed by atoms with Crippen LogP contribution in [0, 0.1) is 0 Å². The SMILES string of the molecule is CCNC(=NCc1ccc(S(N)(=O)=O)s1)NCCCN(C(C)C)C(C)C. The Morgan fingerprint density at radius 3 is 2.38 bits per heavy atom. The number of sulfonamides is 1. The van der Waals surface area contributed by atoms with Gasteiger partial charge in [-0.3, -0.25) is 4.90 Å². The Labute approximate surface area is 162 Å². The fourth-order valence-corrected chi connectivity index (χ4v) is 4.38. The quantitative estimate of drug-likeness (QED) is 0.315. The second-order valence-corrected chi connectivity index (χ2v) is 9.62. The molecule has 0 atom stereocenters. The minimum atomic E-state index is -3.64. The van der Waals surface area contributed by atoms with Crippen molar-refractivity contribution in [2.75, 3.05) is 19.6 Å². The lowest BCUT2D eigenvalue weighted by Gasteiger charge is -2.30. The van der Waals surface area contributed by atoms with Gasteiger partial charge in [0, 0.05) is 36.6 Å². The zero-order valence-electron chi connectivity index (χ0n) is 16.4. The number of hydrogen-bond donors (Lipinski definition) is 3. The van der Waals surface area contributed by atoms with Gasteiger partial charge in [-0.25, -0.2) is 18.5 Å². The number of primary sulfonamides is 1. The summed E-state index contributed by atoms with van der Waals surface area (Å²) in [5, 5.41) is 11.7. The predicted molar refractivity (Wildman–Crippen MR) is 110 cm³/mol. The summed E-state index contributed by atoms with van der Waals surface area (Å²) < 4.78 is 22.8. The van der Waals surface area contributed by atoms with Crippen molar-refractivity contribution in [2.24, 2.45) is 10.1 Å². The topological polar surface area (TPSA) is 99.8 Å². The van der Waals surface area contributed by atoms with E-state index in [4.69, 9.17) is 5.14 Å². The number of nitrogens with zero attached hydrogens (tertiary/aromatic N) is 2. The second kappa shape index (κ2) is 10.9. The maximum atomic E-state index is 11.3. The number of nitrogens with one attached hydrogen (secondary N) is 2. The molecule has 0 aliphatic heterocycles. The summed E-state index contributed by atoms with van der Waals surface area (Å²) in [4.78, 5) is 7.84. The average molecular weight is 404 g/mol. The first-order valence-corrected chi connectivity index (χ1v) is 11.4. The summed E-state index contributed by atoms with van der Waals surface area (Å²) in [5.41, 5.74) is 0. The van der Waals surface area contributed by atoms with Gasteiger partial charge in [0.25, 0.3) is 0 Å². The molecule has 1 aromatic rings. The van der Waals surface area contributed by atoms with Crippen LogP contribution in [-0.4, -0.2) is 51.0 Å². The van der Waals surface area contributed by atoms with E-state index in [2.05, 4.69) is 48.2 Å². The van der Waals surface area contributed by atoms with Gasteiger partial charge in [0.1, 0.15) is 4.21 Å². The van der Waals surface area contributed by atoms with Crippen LogP contribution in [-0.2, 0) is 16.6 Å². The highest BCUT2D eigenvalue weighted by atomic mass is 32.2. The molecule has 0 saturated carbocycles. The van der Waals surface area contributed by atoms with Crippen molar-refractivity contribution in [3.8, 4) is 0 Å². The smallest absolute Gasteiger partial charge is 0.247 e. The van der Waals surface area contributed by atoms with E-state index >= 15 is 0 Å². The van der Waals surface area contributed by atoms with Crippen LogP contribution in [0.2, 0.25) is 0 Å². The molecule has 4 N–H and O–H groups in total. The van der Waals surface area contributed by atoms with Gasteiger partial charge in [-0.05, 0) is 53.2 Å². The van der Waals surface area contributed by atoms with Crippen LogP contribution in [0.1, 0.15) is 45.9 Å². The lowest BCUT2D eigenvalue weighted by molar-refractivity contribution is 0.173. The molecule has 26 heavy (non-hydrogen) atoms. The van der Waals surface area contributed by atoms with Crippen LogP contribution in [0.25, 0.3) is 0 Å². The molecule has 0 radical (unpaired) electrons. The van der Waals surface area contributed by atoms with Crippen molar-refractivity contribution in [3.05, 3.63) is 17.0 Å². The fourth-order valence-electron chi connectivity index (χ4n) is 2.68. The molecule has 0 bridgehead atoms. The first-order chi connectivity index (χ1) is 12.1. The Balaban J connectivity index is 2.55. The number of thiophene rings is 1. The van der Waals surface area contributed by atoms with E-state index in [0.29, 0.717) is 18.6 Å². The Morgan fingerprint density at radius 2 is 1.88 bits per heavy atom. The predicted octanol–water partition coefficient (Wildman–Crippen LogP) is 1.96. The molecule has 9 heteroatoms. The molecule has 1 heterocycles. The van der Waals surface area contributed by atoms with Crippen molar-refractivity contribution >= 4 is 27.3 Å². The van der Waals surface area contributed by atoms with Crippen LogP contribution in [0.15, 0.2) is 21.3 Å². The van der Waals surface area contributed by atoms with Crippen molar-refractivity contribution < 1.29 is 8.42 Å². The third-order valence-corrected chi connectivity index (χ3v) is 6.38. The summed E-state index contributed by atoms with van der Waals surface area (Å²) in [6, 6.07) is 4.34. The van der Waals surface area contributed by atoms with Gasteiger partial charge in [0.2, 0.25) is 10.0 Å². The minimum Gasteiger partial charge on any atom is -0.357 e. The monoisotopic (exact) mass is 403 g/mol. The molecule has 0 aliphatic rings. The standard InChI is InChI=1S/C17H33N5O2S2/c1-6-19-17(20-10-7-11-22(13(2)3)14(4)5)21-12-15-8-9-16(25-15)26(18,23)24/h8-9,13-14H,6-7,10-12H2,1-5H3,(H2,18,23,24)(H2,19,20,21). The van der Waals surface area contributed by atoms with Crippen LogP contribution in [0.4, 0.5) is 0 Å². The fraction of sp³-hybridized carbons (Fsp3) is 0.706. The van der Waals surface area contributed by atoms with Crippen molar-refractivity contribution in [2.45, 2.75) is 63.9 Å². The van der Waals surface area contributed by atoms with Crippen molar-refractivity contribution in [1.82, 2.24) is 15.5 Å². The van der Waals surface area contributed by atoms with Gasteiger partial charge in [-0.15, -0.1) is 11.3 Å². The molecule has 0 saturated heterocycles. The van der Waals surface area contributed by atoms with E-state index in [0.717, 1.165) is 48.2 Å². The third-order valence-electron chi connectivity index (χ3n) is 3.87. The molecule has 0 fully saturated rings. The molecule has 0 spiro atoms. The van der Waals surface area contributed by atoms with Gasteiger partial charge in [0.15, 0.2) is 5.96 Å².